The molecule has 0 aliphatic heterocycles. The zero-order valence-corrected chi connectivity index (χ0v) is 13.7. The molecule has 1 rings (SSSR count). The Bertz CT molecular complexity index is 424. The minimum Gasteiger partial charge on any atom is -0.360 e. The van der Waals surface area contributed by atoms with Gasteiger partial charge in [-0.2, -0.15) is 0 Å². The van der Waals surface area contributed by atoms with Gasteiger partial charge in [-0.15, -0.1) is 0 Å². The van der Waals surface area contributed by atoms with Gasteiger partial charge < -0.3 is 16.0 Å². The maximum Gasteiger partial charge on any atom is 0.239 e. The molecule has 0 aromatic heterocycles. The predicted molar refractivity (Wildman–Crippen MR) is 89.3 cm³/mol. The number of nitrogens with two attached hydrogens (primary N) is 1. The molecule has 0 heterocycles. The van der Waals surface area contributed by atoms with E-state index in [0.29, 0.717) is 13.1 Å². The first kappa shape index (κ1) is 17.5. The van der Waals surface area contributed by atoms with E-state index in [2.05, 4.69) is 37.9 Å². The van der Waals surface area contributed by atoms with Crippen LogP contribution in [0.5, 0.6) is 0 Å². The topological polar surface area (TPSA) is 58.4 Å². The van der Waals surface area contributed by atoms with Crippen LogP contribution in [-0.4, -0.2) is 24.5 Å². The van der Waals surface area contributed by atoms with Crippen LogP contribution >= 0.6 is 0 Å². The Morgan fingerprint density at radius 2 is 1.76 bits per heavy atom. The molecule has 0 fully saturated rings. The van der Waals surface area contributed by atoms with Gasteiger partial charge in [0.1, 0.15) is 0 Å². The van der Waals surface area contributed by atoms with E-state index in [0.717, 1.165) is 24.1 Å². The smallest absolute Gasteiger partial charge is 0.239 e. The molecular formula is C17H29N3O. The summed E-state index contributed by atoms with van der Waals surface area (Å²) in [5.41, 5.74) is 7.78. The fourth-order valence-electron chi connectivity index (χ4n) is 2.32. The van der Waals surface area contributed by atoms with Crippen molar-refractivity contribution in [2.45, 2.75) is 59.2 Å². The van der Waals surface area contributed by atoms with Crippen LogP contribution in [0.25, 0.3) is 0 Å². The van der Waals surface area contributed by atoms with E-state index >= 15 is 0 Å². The molecule has 0 aliphatic carbocycles. The summed E-state index contributed by atoms with van der Waals surface area (Å²) in [7, 11) is 0. The number of carbonyl (C=O) groups excluding carboxylic acids is 1. The number of benzene rings is 1. The molecule has 0 radical (unpaired) electrons. The van der Waals surface area contributed by atoms with Gasteiger partial charge >= 0.3 is 0 Å². The molecule has 0 bridgehead atoms. The number of nitrogens with zero attached hydrogens (tertiary/aromatic N) is 1. The van der Waals surface area contributed by atoms with Crippen molar-refractivity contribution < 1.29 is 4.79 Å². The Kier molecular flexibility index (Phi) is 7.23. The van der Waals surface area contributed by atoms with Crippen LogP contribution < -0.4 is 16.0 Å². The van der Waals surface area contributed by atoms with Gasteiger partial charge in [0, 0.05) is 24.3 Å². The largest absolute Gasteiger partial charge is 0.360 e. The van der Waals surface area contributed by atoms with Crippen LogP contribution in [0.3, 0.4) is 0 Å². The average Bonchev–Trinajstić information content (AvgIpc) is 2.50. The van der Waals surface area contributed by atoms with Crippen molar-refractivity contribution in [1.82, 2.24) is 5.32 Å². The fraction of sp³-hybridized carbons (Fsp3) is 0.588. The number of anilines is 1. The zero-order valence-electron chi connectivity index (χ0n) is 13.7. The molecule has 0 saturated heterocycles. The molecule has 0 aliphatic rings. The van der Waals surface area contributed by atoms with Crippen LogP contribution in [0, 0.1) is 0 Å². The number of nitrogens with one attached hydrogen (secondary N) is 1. The Labute approximate surface area is 128 Å². The highest BCUT2D eigenvalue weighted by molar-refractivity contribution is 5.81. The van der Waals surface area contributed by atoms with Crippen molar-refractivity contribution in [3.05, 3.63) is 29.8 Å². The molecule has 1 amide bonds. The second-order valence-corrected chi connectivity index (χ2v) is 5.67. The number of hydrogen-bond donors (Lipinski definition) is 2. The van der Waals surface area contributed by atoms with Crippen molar-refractivity contribution in [1.29, 1.82) is 0 Å². The van der Waals surface area contributed by atoms with Gasteiger partial charge in [-0.05, 0) is 44.4 Å². The number of amides is 1. The lowest BCUT2D eigenvalue weighted by Crippen LogP contribution is -2.44. The summed E-state index contributed by atoms with van der Waals surface area (Å²) >= 11 is 0. The molecule has 21 heavy (non-hydrogen) atoms. The van der Waals surface area contributed by atoms with Gasteiger partial charge in [0.2, 0.25) is 5.91 Å². The summed E-state index contributed by atoms with van der Waals surface area (Å²) in [6.07, 6.45) is 1.93. The standard InChI is InChI=1S/C17H29N3O/c1-5-15(6-2)19-17(21)12-20(13(3)4)16-9-7-14(11-18)8-10-16/h7-10,13,15H,5-6,11-12,18H2,1-4H3,(H,19,21). The first-order chi connectivity index (χ1) is 10.0. The third-order valence-corrected chi connectivity index (χ3v) is 3.79. The first-order valence-corrected chi connectivity index (χ1v) is 7.86. The first-order valence-electron chi connectivity index (χ1n) is 7.86. The van der Waals surface area contributed by atoms with Crippen LogP contribution in [-0.2, 0) is 11.3 Å². The van der Waals surface area contributed by atoms with Crippen molar-refractivity contribution in [2.75, 3.05) is 11.4 Å². The van der Waals surface area contributed by atoms with Gasteiger partial charge in [0.15, 0.2) is 0 Å². The number of rotatable bonds is 8. The molecule has 3 N–H and O–H groups in total. The molecular weight excluding hydrogens is 262 g/mol. The van der Waals surface area contributed by atoms with Crippen molar-refractivity contribution in [2.24, 2.45) is 5.73 Å². The second-order valence-electron chi connectivity index (χ2n) is 5.67. The van der Waals surface area contributed by atoms with Crippen LogP contribution in [0.1, 0.15) is 46.1 Å². The SMILES string of the molecule is CCC(CC)NC(=O)CN(c1ccc(CN)cc1)C(C)C. The Morgan fingerprint density at radius 3 is 2.19 bits per heavy atom. The average molecular weight is 291 g/mol. The molecule has 1 aromatic rings. The Morgan fingerprint density at radius 1 is 1.19 bits per heavy atom. The highest BCUT2D eigenvalue weighted by Crippen LogP contribution is 2.17. The van der Waals surface area contributed by atoms with E-state index < -0.39 is 0 Å². The van der Waals surface area contributed by atoms with Crippen LogP contribution in [0.15, 0.2) is 24.3 Å². The molecule has 0 unspecified atom stereocenters. The number of carbonyl (C=O) groups is 1. The molecule has 1 aromatic carbocycles. The van der Waals surface area contributed by atoms with Gasteiger partial charge in [0.05, 0.1) is 6.54 Å². The van der Waals surface area contributed by atoms with E-state index in [9.17, 15) is 4.79 Å². The van der Waals surface area contributed by atoms with E-state index in [1.807, 2.05) is 24.3 Å². The van der Waals surface area contributed by atoms with Crippen molar-refractivity contribution >= 4 is 11.6 Å². The third kappa shape index (κ3) is 5.38. The van der Waals surface area contributed by atoms with E-state index in [1.54, 1.807) is 0 Å². The Balaban J connectivity index is 2.75. The highest BCUT2D eigenvalue weighted by atomic mass is 16.2. The minimum absolute atomic E-state index is 0.0836. The van der Waals surface area contributed by atoms with Gasteiger partial charge in [0.25, 0.3) is 0 Å². The fourth-order valence-corrected chi connectivity index (χ4v) is 2.32. The summed E-state index contributed by atoms with van der Waals surface area (Å²) in [5.74, 6) is 0.0836. The summed E-state index contributed by atoms with van der Waals surface area (Å²) in [4.78, 5) is 14.3. The summed E-state index contributed by atoms with van der Waals surface area (Å²) < 4.78 is 0. The van der Waals surface area contributed by atoms with E-state index in [4.69, 9.17) is 5.73 Å². The molecule has 0 saturated carbocycles. The van der Waals surface area contributed by atoms with Crippen LogP contribution in [0.2, 0.25) is 0 Å². The summed E-state index contributed by atoms with van der Waals surface area (Å²) in [6.45, 7) is 9.32. The van der Waals surface area contributed by atoms with E-state index in [-0.39, 0.29) is 18.0 Å². The second kappa shape index (κ2) is 8.67. The Hall–Kier alpha value is -1.55. The maximum absolute atomic E-state index is 12.2. The lowest BCUT2D eigenvalue weighted by molar-refractivity contribution is -0.120. The third-order valence-electron chi connectivity index (χ3n) is 3.79. The maximum atomic E-state index is 12.2. The lowest BCUT2D eigenvalue weighted by Gasteiger charge is -2.29. The molecule has 4 nitrogen and oxygen atoms in total. The minimum atomic E-state index is 0.0836. The predicted octanol–water partition coefficient (Wildman–Crippen LogP) is 2.66. The van der Waals surface area contributed by atoms with Crippen LogP contribution in [0.4, 0.5) is 5.69 Å². The zero-order chi connectivity index (χ0) is 15.8. The molecule has 4 heteroatoms. The van der Waals surface area contributed by atoms with Gasteiger partial charge in [-0.3, -0.25) is 4.79 Å². The van der Waals surface area contributed by atoms with Gasteiger partial charge in [-0.1, -0.05) is 26.0 Å². The quantitative estimate of drug-likeness (QED) is 0.774. The lowest BCUT2D eigenvalue weighted by atomic mass is 10.1. The molecule has 0 spiro atoms. The normalized spacial score (nSPS) is 11.0. The summed E-state index contributed by atoms with van der Waals surface area (Å²) in [5, 5.41) is 3.09. The van der Waals surface area contributed by atoms with Gasteiger partial charge in [-0.25, -0.2) is 0 Å². The highest BCUT2D eigenvalue weighted by Gasteiger charge is 2.16. The number of hydrogen-bond acceptors (Lipinski definition) is 3. The molecule has 0 atom stereocenters. The van der Waals surface area contributed by atoms with Crippen molar-refractivity contribution in [3.8, 4) is 0 Å². The van der Waals surface area contributed by atoms with Crippen molar-refractivity contribution in [3.63, 3.8) is 0 Å². The molecule has 118 valence electrons. The summed E-state index contributed by atoms with van der Waals surface area (Å²) in [6, 6.07) is 8.64. The monoisotopic (exact) mass is 291 g/mol. The van der Waals surface area contributed by atoms with E-state index in [1.165, 1.54) is 0 Å².